The van der Waals surface area contributed by atoms with Gasteiger partial charge in [0.05, 0.1) is 18.8 Å². The molecule has 130 valence electrons. The highest BCUT2D eigenvalue weighted by molar-refractivity contribution is 9.10. The lowest BCUT2D eigenvalue weighted by Gasteiger charge is -2.14. The van der Waals surface area contributed by atoms with Crippen LogP contribution in [-0.2, 0) is 16.1 Å². The Morgan fingerprint density at radius 2 is 2.25 bits per heavy atom. The van der Waals surface area contributed by atoms with Gasteiger partial charge in [-0.15, -0.1) is 12.4 Å². The predicted octanol–water partition coefficient (Wildman–Crippen LogP) is 2.56. The van der Waals surface area contributed by atoms with E-state index in [0.717, 1.165) is 16.5 Å². The van der Waals surface area contributed by atoms with Gasteiger partial charge in [-0.2, -0.15) is 5.10 Å². The van der Waals surface area contributed by atoms with Gasteiger partial charge in [-0.1, -0.05) is 28.1 Å². The first-order valence-electron chi connectivity index (χ1n) is 7.58. The van der Waals surface area contributed by atoms with Gasteiger partial charge in [0.2, 0.25) is 0 Å². The van der Waals surface area contributed by atoms with E-state index in [1.165, 1.54) is 0 Å². The lowest BCUT2D eigenvalue weighted by molar-refractivity contribution is -0.126. The van der Waals surface area contributed by atoms with Crippen LogP contribution in [-0.4, -0.2) is 34.4 Å². The summed E-state index contributed by atoms with van der Waals surface area (Å²) in [7, 11) is 0. The number of ether oxygens (including phenoxy) is 1. The molecule has 1 aliphatic heterocycles. The Hall–Kier alpha value is -1.41. The molecule has 1 saturated heterocycles. The molecule has 1 aliphatic rings. The van der Waals surface area contributed by atoms with Crippen LogP contribution in [0.2, 0.25) is 0 Å². The Bertz CT molecular complexity index is 694. The van der Waals surface area contributed by atoms with Gasteiger partial charge < -0.3 is 15.8 Å². The number of anilines is 1. The topological polar surface area (TPSA) is 82.2 Å². The van der Waals surface area contributed by atoms with Crippen LogP contribution in [0.1, 0.15) is 18.4 Å². The van der Waals surface area contributed by atoms with Crippen LogP contribution in [0, 0.1) is 0 Å². The molecule has 3 rings (SSSR count). The maximum absolute atomic E-state index is 12.3. The van der Waals surface area contributed by atoms with E-state index < -0.39 is 6.10 Å². The first kappa shape index (κ1) is 18.9. The van der Waals surface area contributed by atoms with Gasteiger partial charge in [-0.25, -0.2) is 4.68 Å². The number of aromatic nitrogens is 2. The van der Waals surface area contributed by atoms with E-state index >= 15 is 0 Å². The molecule has 0 aliphatic carbocycles. The van der Waals surface area contributed by atoms with Crippen molar-refractivity contribution in [3.63, 3.8) is 0 Å². The molecule has 1 aromatic heterocycles. The van der Waals surface area contributed by atoms with E-state index in [1.54, 1.807) is 16.9 Å². The molecule has 0 bridgehead atoms. The molecule has 0 radical (unpaired) electrons. The van der Waals surface area contributed by atoms with Crippen molar-refractivity contribution in [2.24, 2.45) is 5.73 Å². The van der Waals surface area contributed by atoms with Gasteiger partial charge in [0, 0.05) is 17.1 Å². The second-order valence-electron chi connectivity index (χ2n) is 5.55. The number of nitrogens with one attached hydrogen (secondary N) is 1. The molecule has 1 fully saturated rings. The van der Waals surface area contributed by atoms with E-state index in [0.29, 0.717) is 25.3 Å². The molecule has 0 saturated carbocycles. The zero-order chi connectivity index (χ0) is 16.2. The predicted molar refractivity (Wildman–Crippen MR) is 98.3 cm³/mol. The zero-order valence-corrected chi connectivity index (χ0v) is 15.4. The molecule has 8 heteroatoms. The van der Waals surface area contributed by atoms with E-state index in [4.69, 9.17) is 10.5 Å². The summed E-state index contributed by atoms with van der Waals surface area (Å²) in [5, 5.41) is 7.17. The van der Waals surface area contributed by atoms with Crippen molar-refractivity contribution >= 4 is 40.1 Å². The highest BCUT2D eigenvalue weighted by Crippen LogP contribution is 2.21. The van der Waals surface area contributed by atoms with Crippen molar-refractivity contribution in [2.45, 2.75) is 31.6 Å². The summed E-state index contributed by atoms with van der Waals surface area (Å²) < 4.78 is 8.39. The third-order valence-electron chi connectivity index (χ3n) is 3.85. The quantitative estimate of drug-likeness (QED) is 0.786. The number of amides is 1. The van der Waals surface area contributed by atoms with Gasteiger partial charge >= 0.3 is 0 Å². The number of carbonyl (C=O) groups is 1. The third-order valence-corrected chi connectivity index (χ3v) is 4.35. The van der Waals surface area contributed by atoms with Crippen LogP contribution in [0.25, 0.3) is 0 Å². The largest absolute Gasteiger partial charge is 0.364 e. The second-order valence-corrected chi connectivity index (χ2v) is 6.47. The summed E-state index contributed by atoms with van der Waals surface area (Å²) in [6.07, 6.45) is 2.75. The fourth-order valence-corrected chi connectivity index (χ4v) is 3.10. The second kappa shape index (κ2) is 8.62. The van der Waals surface area contributed by atoms with Gasteiger partial charge in [0.15, 0.2) is 0 Å². The standard InChI is InChI=1S/C16H19BrN4O2.ClH/c17-12-3-1-2-11(8-12)10-21-15(6-7-19-21)20-16(22)14-5-4-13(9-18)23-14;/h1-3,6-8,13-14H,4-5,9-10,18H2,(H,20,22);1H/t13-,14+;/m1./s1. The fourth-order valence-electron chi connectivity index (χ4n) is 2.65. The Balaban J connectivity index is 0.00000208. The number of halogens is 2. The molecule has 1 aromatic carbocycles. The normalized spacial score (nSPS) is 19.8. The summed E-state index contributed by atoms with van der Waals surface area (Å²) in [6.45, 7) is 1.03. The average molecular weight is 416 g/mol. The zero-order valence-electron chi connectivity index (χ0n) is 13.0. The van der Waals surface area contributed by atoms with Crippen molar-refractivity contribution in [3.05, 3.63) is 46.6 Å². The van der Waals surface area contributed by atoms with Gasteiger partial charge in [-0.05, 0) is 30.5 Å². The molecular weight excluding hydrogens is 396 g/mol. The first-order valence-corrected chi connectivity index (χ1v) is 8.37. The van der Waals surface area contributed by atoms with Crippen LogP contribution in [0.5, 0.6) is 0 Å². The highest BCUT2D eigenvalue weighted by Gasteiger charge is 2.30. The first-order chi connectivity index (χ1) is 11.2. The number of nitrogens with zero attached hydrogens (tertiary/aromatic N) is 2. The molecule has 2 heterocycles. The molecular formula is C16H20BrClN4O2. The van der Waals surface area contributed by atoms with Gasteiger partial charge in [-0.3, -0.25) is 4.79 Å². The lowest BCUT2D eigenvalue weighted by Crippen LogP contribution is -2.30. The maximum atomic E-state index is 12.3. The van der Waals surface area contributed by atoms with Crippen LogP contribution in [0.3, 0.4) is 0 Å². The minimum atomic E-state index is -0.433. The Labute approximate surface area is 155 Å². The summed E-state index contributed by atoms with van der Waals surface area (Å²) in [5.74, 6) is 0.520. The monoisotopic (exact) mass is 414 g/mol. The number of hydrogen-bond donors (Lipinski definition) is 2. The minimum Gasteiger partial charge on any atom is -0.364 e. The fraction of sp³-hybridized carbons (Fsp3) is 0.375. The van der Waals surface area contributed by atoms with Crippen molar-refractivity contribution < 1.29 is 9.53 Å². The summed E-state index contributed by atoms with van der Waals surface area (Å²) >= 11 is 3.46. The molecule has 3 N–H and O–H groups in total. The molecule has 1 amide bonds. The number of benzene rings is 1. The Kier molecular flexibility index (Phi) is 6.79. The summed E-state index contributed by atoms with van der Waals surface area (Å²) in [6, 6.07) is 9.77. The number of rotatable bonds is 5. The Morgan fingerprint density at radius 3 is 2.96 bits per heavy atom. The number of nitrogens with two attached hydrogens (primary N) is 1. The van der Waals surface area contributed by atoms with Crippen molar-refractivity contribution in [1.82, 2.24) is 9.78 Å². The molecule has 0 spiro atoms. The molecule has 2 atom stereocenters. The van der Waals surface area contributed by atoms with Crippen molar-refractivity contribution in [2.75, 3.05) is 11.9 Å². The molecule has 6 nitrogen and oxygen atoms in total. The van der Waals surface area contributed by atoms with E-state index in [-0.39, 0.29) is 24.4 Å². The average Bonchev–Trinajstić information content (AvgIpc) is 3.17. The van der Waals surface area contributed by atoms with Gasteiger partial charge in [0.1, 0.15) is 11.9 Å². The summed E-state index contributed by atoms with van der Waals surface area (Å²) in [5.41, 5.74) is 6.68. The molecule has 0 unspecified atom stereocenters. The van der Waals surface area contributed by atoms with Crippen LogP contribution >= 0.6 is 28.3 Å². The van der Waals surface area contributed by atoms with E-state index in [1.807, 2.05) is 24.3 Å². The van der Waals surface area contributed by atoms with Crippen LogP contribution in [0.4, 0.5) is 5.82 Å². The number of hydrogen-bond acceptors (Lipinski definition) is 4. The van der Waals surface area contributed by atoms with Crippen molar-refractivity contribution in [1.29, 1.82) is 0 Å². The molecule has 24 heavy (non-hydrogen) atoms. The highest BCUT2D eigenvalue weighted by atomic mass is 79.9. The van der Waals surface area contributed by atoms with E-state index in [2.05, 4.69) is 26.3 Å². The Morgan fingerprint density at radius 1 is 1.42 bits per heavy atom. The number of carbonyl (C=O) groups excluding carboxylic acids is 1. The minimum absolute atomic E-state index is 0. The summed E-state index contributed by atoms with van der Waals surface area (Å²) in [4.78, 5) is 12.3. The third kappa shape index (κ3) is 4.57. The smallest absolute Gasteiger partial charge is 0.254 e. The maximum Gasteiger partial charge on any atom is 0.254 e. The lowest BCUT2D eigenvalue weighted by atomic mass is 10.2. The van der Waals surface area contributed by atoms with Gasteiger partial charge in [0.25, 0.3) is 5.91 Å². The van der Waals surface area contributed by atoms with Crippen LogP contribution in [0.15, 0.2) is 41.0 Å². The van der Waals surface area contributed by atoms with E-state index in [9.17, 15) is 4.79 Å². The van der Waals surface area contributed by atoms with Crippen molar-refractivity contribution in [3.8, 4) is 0 Å². The molecule has 2 aromatic rings. The van der Waals surface area contributed by atoms with Crippen LogP contribution < -0.4 is 11.1 Å². The SMILES string of the molecule is Cl.NC[C@H]1CC[C@@H](C(=O)Nc2ccnn2Cc2cccc(Br)c2)O1.